The van der Waals surface area contributed by atoms with Gasteiger partial charge in [0.2, 0.25) is 5.91 Å². The Hall–Kier alpha value is -1.72. The molecule has 4 nitrogen and oxygen atoms in total. The molecule has 100 valence electrons. The molecule has 1 atom stereocenters. The molecule has 2 rings (SSSR count). The number of hydrogen-bond donors (Lipinski definition) is 2. The van der Waals surface area contributed by atoms with E-state index in [0.29, 0.717) is 0 Å². The lowest BCUT2D eigenvalue weighted by Crippen LogP contribution is -2.18. The van der Waals surface area contributed by atoms with Gasteiger partial charge in [0, 0.05) is 36.8 Å². The SMILES string of the molecule is CC(=O)Nc1ccsc1CN[C@@H](C)c1cccnc1. The van der Waals surface area contributed by atoms with Gasteiger partial charge in [0.25, 0.3) is 0 Å². The van der Waals surface area contributed by atoms with Gasteiger partial charge in [-0.05, 0) is 30.0 Å². The Morgan fingerprint density at radius 3 is 3.00 bits per heavy atom. The van der Waals surface area contributed by atoms with E-state index in [1.165, 1.54) is 6.92 Å². The average molecular weight is 275 g/mol. The Morgan fingerprint density at radius 1 is 1.47 bits per heavy atom. The molecule has 0 unspecified atom stereocenters. The lowest BCUT2D eigenvalue weighted by molar-refractivity contribution is -0.114. The number of carbonyl (C=O) groups is 1. The van der Waals surface area contributed by atoms with E-state index in [4.69, 9.17) is 0 Å². The number of nitrogens with one attached hydrogen (secondary N) is 2. The Morgan fingerprint density at radius 2 is 2.32 bits per heavy atom. The van der Waals surface area contributed by atoms with Crippen molar-refractivity contribution in [3.63, 3.8) is 0 Å². The van der Waals surface area contributed by atoms with E-state index in [1.807, 2.05) is 29.8 Å². The molecule has 0 aliphatic heterocycles. The average Bonchev–Trinajstić information content (AvgIpc) is 2.83. The number of pyridine rings is 1. The first kappa shape index (κ1) is 13.7. The number of rotatable bonds is 5. The smallest absolute Gasteiger partial charge is 0.221 e. The first-order valence-electron chi connectivity index (χ1n) is 6.14. The molecular weight excluding hydrogens is 258 g/mol. The summed E-state index contributed by atoms with van der Waals surface area (Å²) in [5.74, 6) is -0.0417. The van der Waals surface area contributed by atoms with Gasteiger partial charge in [0.05, 0.1) is 5.69 Å². The minimum atomic E-state index is -0.0417. The number of aromatic nitrogens is 1. The zero-order chi connectivity index (χ0) is 13.7. The van der Waals surface area contributed by atoms with Gasteiger partial charge in [-0.25, -0.2) is 0 Å². The maximum atomic E-state index is 11.1. The Bertz CT molecular complexity index is 539. The fourth-order valence-electron chi connectivity index (χ4n) is 1.77. The van der Waals surface area contributed by atoms with Gasteiger partial charge in [0.15, 0.2) is 0 Å². The van der Waals surface area contributed by atoms with E-state index in [1.54, 1.807) is 17.5 Å². The molecule has 0 fully saturated rings. The van der Waals surface area contributed by atoms with Gasteiger partial charge in [-0.3, -0.25) is 9.78 Å². The second-order valence-electron chi connectivity index (χ2n) is 4.33. The topological polar surface area (TPSA) is 54.0 Å². The van der Waals surface area contributed by atoms with Crippen molar-refractivity contribution < 1.29 is 4.79 Å². The van der Waals surface area contributed by atoms with Crippen LogP contribution in [-0.2, 0) is 11.3 Å². The number of nitrogens with zero attached hydrogens (tertiary/aromatic N) is 1. The van der Waals surface area contributed by atoms with Gasteiger partial charge >= 0.3 is 0 Å². The van der Waals surface area contributed by atoms with Crippen LogP contribution in [0, 0.1) is 0 Å². The maximum absolute atomic E-state index is 11.1. The van der Waals surface area contributed by atoms with Gasteiger partial charge in [-0.15, -0.1) is 11.3 Å². The van der Waals surface area contributed by atoms with Crippen molar-refractivity contribution in [2.24, 2.45) is 0 Å². The molecule has 1 amide bonds. The lowest BCUT2D eigenvalue weighted by Gasteiger charge is -2.14. The van der Waals surface area contributed by atoms with Crippen LogP contribution < -0.4 is 10.6 Å². The third-order valence-corrected chi connectivity index (χ3v) is 3.73. The minimum absolute atomic E-state index is 0.0417. The predicted octanol–water partition coefficient (Wildman–Crippen LogP) is 2.95. The molecule has 0 saturated carbocycles. The van der Waals surface area contributed by atoms with Crippen LogP contribution in [0.1, 0.15) is 30.3 Å². The van der Waals surface area contributed by atoms with E-state index in [9.17, 15) is 4.79 Å². The van der Waals surface area contributed by atoms with E-state index < -0.39 is 0 Å². The van der Waals surface area contributed by atoms with Gasteiger partial charge in [0.1, 0.15) is 0 Å². The van der Waals surface area contributed by atoms with Crippen LogP contribution in [0.5, 0.6) is 0 Å². The highest BCUT2D eigenvalue weighted by molar-refractivity contribution is 7.10. The fraction of sp³-hybridized carbons (Fsp3) is 0.286. The zero-order valence-corrected chi connectivity index (χ0v) is 11.8. The maximum Gasteiger partial charge on any atom is 0.221 e. The van der Waals surface area contributed by atoms with Crippen LogP contribution in [0.4, 0.5) is 5.69 Å². The van der Waals surface area contributed by atoms with E-state index in [0.717, 1.165) is 22.7 Å². The van der Waals surface area contributed by atoms with Gasteiger partial charge < -0.3 is 10.6 Å². The van der Waals surface area contributed by atoms with Crippen molar-refractivity contribution in [1.82, 2.24) is 10.3 Å². The summed E-state index contributed by atoms with van der Waals surface area (Å²) >= 11 is 1.64. The summed E-state index contributed by atoms with van der Waals surface area (Å²) < 4.78 is 0. The molecule has 0 spiro atoms. The lowest BCUT2D eigenvalue weighted by atomic mass is 10.1. The highest BCUT2D eigenvalue weighted by atomic mass is 32.1. The molecule has 0 aromatic carbocycles. The quantitative estimate of drug-likeness (QED) is 0.882. The molecule has 2 aromatic rings. The highest BCUT2D eigenvalue weighted by Crippen LogP contribution is 2.23. The largest absolute Gasteiger partial charge is 0.325 e. The summed E-state index contributed by atoms with van der Waals surface area (Å²) in [6.07, 6.45) is 3.63. The van der Waals surface area contributed by atoms with Crippen molar-refractivity contribution in [1.29, 1.82) is 0 Å². The molecule has 0 bridgehead atoms. The van der Waals surface area contributed by atoms with Crippen LogP contribution in [0.3, 0.4) is 0 Å². The molecule has 0 radical (unpaired) electrons. The van der Waals surface area contributed by atoms with Gasteiger partial charge in [-0.2, -0.15) is 0 Å². The second-order valence-corrected chi connectivity index (χ2v) is 5.33. The Balaban J connectivity index is 1.95. The van der Waals surface area contributed by atoms with Crippen LogP contribution in [0.2, 0.25) is 0 Å². The highest BCUT2D eigenvalue weighted by Gasteiger charge is 2.09. The van der Waals surface area contributed by atoms with Crippen LogP contribution >= 0.6 is 11.3 Å². The number of hydrogen-bond acceptors (Lipinski definition) is 4. The van der Waals surface area contributed by atoms with Crippen LogP contribution in [-0.4, -0.2) is 10.9 Å². The van der Waals surface area contributed by atoms with Crippen molar-refractivity contribution in [2.75, 3.05) is 5.32 Å². The fourth-order valence-corrected chi connectivity index (χ4v) is 2.56. The Kier molecular flexibility index (Phi) is 4.65. The zero-order valence-electron chi connectivity index (χ0n) is 11.0. The Labute approximate surface area is 116 Å². The normalized spacial score (nSPS) is 12.1. The summed E-state index contributed by atoms with van der Waals surface area (Å²) in [6, 6.07) is 6.13. The monoisotopic (exact) mass is 275 g/mol. The summed E-state index contributed by atoms with van der Waals surface area (Å²) in [6.45, 7) is 4.35. The molecule has 2 heterocycles. The molecule has 0 saturated heterocycles. The van der Waals surface area contributed by atoms with E-state index in [-0.39, 0.29) is 11.9 Å². The van der Waals surface area contributed by atoms with Crippen molar-refractivity contribution in [3.8, 4) is 0 Å². The molecule has 5 heteroatoms. The van der Waals surface area contributed by atoms with Crippen molar-refractivity contribution >= 4 is 22.9 Å². The second kappa shape index (κ2) is 6.45. The summed E-state index contributed by atoms with van der Waals surface area (Å²) in [4.78, 5) is 16.3. The molecular formula is C14H17N3OS. The molecule has 0 aliphatic carbocycles. The third-order valence-electron chi connectivity index (χ3n) is 2.81. The summed E-state index contributed by atoms with van der Waals surface area (Å²) in [5.41, 5.74) is 2.04. The third kappa shape index (κ3) is 3.87. The number of amides is 1. The number of thiophene rings is 1. The molecule has 2 aromatic heterocycles. The van der Waals surface area contributed by atoms with Gasteiger partial charge in [-0.1, -0.05) is 6.07 Å². The summed E-state index contributed by atoms with van der Waals surface area (Å²) in [7, 11) is 0. The van der Waals surface area contributed by atoms with E-state index >= 15 is 0 Å². The number of carbonyl (C=O) groups excluding carboxylic acids is 1. The van der Waals surface area contributed by atoms with Crippen molar-refractivity contribution in [2.45, 2.75) is 26.4 Å². The molecule has 2 N–H and O–H groups in total. The minimum Gasteiger partial charge on any atom is -0.325 e. The summed E-state index contributed by atoms with van der Waals surface area (Å²) in [5, 5.41) is 8.25. The van der Waals surface area contributed by atoms with Crippen molar-refractivity contribution in [3.05, 3.63) is 46.4 Å². The molecule has 19 heavy (non-hydrogen) atoms. The van der Waals surface area contributed by atoms with Crippen LogP contribution in [0.15, 0.2) is 36.0 Å². The van der Waals surface area contributed by atoms with E-state index in [2.05, 4.69) is 22.5 Å². The number of anilines is 1. The predicted molar refractivity (Wildman–Crippen MR) is 78.1 cm³/mol. The standard InChI is InChI=1S/C14H17N3OS/c1-10(12-4-3-6-15-8-12)16-9-14-13(5-7-19-14)17-11(2)18/h3-8,10,16H,9H2,1-2H3,(H,17,18)/t10-/m0/s1. The molecule has 0 aliphatic rings. The van der Waals surface area contributed by atoms with Crippen LogP contribution in [0.25, 0.3) is 0 Å². The first-order valence-corrected chi connectivity index (χ1v) is 7.02. The first-order chi connectivity index (χ1) is 9.16.